The Labute approximate surface area is 161 Å². The fourth-order valence-corrected chi connectivity index (χ4v) is 2.96. The lowest BCUT2D eigenvalue weighted by Gasteiger charge is -2.16. The lowest BCUT2D eigenvalue weighted by molar-refractivity contribution is 0.0969. The smallest absolute Gasteiger partial charge is 0.328 e. The Balaban J connectivity index is 2.36. The summed E-state index contributed by atoms with van der Waals surface area (Å²) in [4.78, 5) is 67.9. The standard InChI is InChI=1S/C16H11BrN4O7/c17-6-3-1-5(2-4-6)10(22)7(8-11(23)18-15(27)19-12(8)24)9-13(25)20-16(28)21-14(9)26/h1-4,7H,(H3,18,19,23,24,27)(H3,20,21,25,26,28). The zero-order valence-corrected chi connectivity index (χ0v) is 15.3. The number of hydrogen-bond acceptors (Lipinski definition) is 7. The van der Waals surface area contributed by atoms with Crippen LogP contribution in [0.2, 0.25) is 0 Å². The fraction of sp³-hybridized carbons (Fsp3) is 0.0625. The van der Waals surface area contributed by atoms with Crippen LogP contribution in [-0.4, -0.2) is 35.9 Å². The molecule has 3 aromatic rings. The van der Waals surface area contributed by atoms with E-state index in [4.69, 9.17) is 0 Å². The summed E-state index contributed by atoms with van der Waals surface area (Å²) >= 11 is 3.20. The molecule has 0 radical (unpaired) electrons. The number of aromatic amines is 4. The number of H-pyrrole nitrogens is 4. The molecule has 1 aromatic carbocycles. The molecule has 11 nitrogen and oxygen atoms in total. The predicted octanol–water partition coefficient (Wildman–Crippen LogP) is -0.372. The second-order valence-electron chi connectivity index (χ2n) is 5.65. The summed E-state index contributed by atoms with van der Waals surface area (Å²) in [5.41, 5.74) is -5.71. The van der Waals surface area contributed by atoms with Crippen LogP contribution in [0.5, 0.6) is 11.8 Å². The van der Waals surface area contributed by atoms with Gasteiger partial charge in [-0.05, 0) is 12.1 Å². The Morgan fingerprint density at radius 1 is 0.786 bits per heavy atom. The van der Waals surface area contributed by atoms with Gasteiger partial charge in [-0.25, -0.2) is 9.59 Å². The molecule has 0 fully saturated rings. The van der Waals surface area contributed by atoms with Crippen molar-refractivity contribution in [3.05, 3.63) is 87.1 Å². The summed E-state index contributed by atoms with van der Waals surface area (Å²) < 4.78 is 0.648. The number of rotatable bonds is 4. The summed E-state index contributed by atoms with van der Waals surface area (Å²) in [6.45, 7) is 0. The van der Waals surface area contributed by atoms with Crippen LogP contribution in [0, 0.1) is 0 Å². The van der Waals surface area contributed by atoms with Gasteiger partial charge in [0, 0.05) is 10.0 Å². The van der Waals surface area contributed by atoms with Gasteiger partial charge in [-0.15, -0.1) is 0 Å². The number of benzene rings is 1. The first-order chi connectivity index (χ1) is 13.2. The van der Waals surface area contributed by atoms with E-state index in [9.17, 15) is 34.2 Å². The molecule has 3 rings (SSSR count). The summed E-state index contributed by atoms with van der Waals surface area (Å²) in [6, 6.07) is 5.82. The average Bonchev–Trinajstić information content (AvgIpc) is 2.58. The monoisotopic (exact) mass is 450 g/mol. The third-order valence-corrected chi connectivity index (χ3v) is 4.41. The molecule has 0 saturated heterocycles. The van der Waals surface area contributed by atoms with Gasteiger partial charge in [-0.2, -0.15) is 0 Å². The van der Waals surface area contributed by atoms with Gasteiger partial charge in [-0.3, -0.25) is 34.3 Å². The molecule has 0 amide bonds. The SMILES string of the molecule is O=C(c1ccc(Br)cc1)C(c1c(O)[nH]c(=O)[nH]c1=O)c1c(O)[nH]c(=O)[nH]c1=O. The minimum Gasteiger partial charge on any atom is -0.494 e. The summed E-state index contributed by atoms with van der Waals surface area (Å²) in [5, 5.41) is 20.2. The van der Waals surface area contributed by atoms with Gasteiger partial charge in [0.05, 0.1) is 17.0 Å². The van der Waals surface area contributed by atoms with Gasteiger partial charge in [0.2, 0.25) is 11.8 Å². The Morgan fingerprint density at radius 2 is 1.21 bits per heavy atom. The molecule has 0 unspecified atom stereocenters. The molecule has 2 heterocycles. The van der Waals surface area contributed by atoms with Crippen molar-refractivity contribution in [2.45, 2.75) is 5.92 Å². The number of aromatic nitrogens is 4. The zero-order chi connectivity index (χ0) is 20.6. The molecule has 0 aliphatic heterocycles. The number of carbonyl (C=O) groups is 1. The first-order valence-corrected chi connectivity index (χ1v) is 8.39. The summed E-state index contributed by atoms with van der Waals surface area (Å²) in [7, 11) is 0. The van der Waals surface area contributed by atoms with Crippen LogP contribution in [0.4, 0.5) is 0 Å². The maximum atomic E-state index is 13.1. The number of nitrogens with one attached hydrogen (secondary N) is 4. The van der Waals surface area contributed by atoms with Crippen LogP contribution < -0.4 is 22.5 Å². The summed E-state index contributed by atoms with van der Waals surface area (Å²) in [6.07, 6.45) is 0. The quantitative estimate of drug-likeness (QED) is 0.292. The van der Waals surface area contributed by atoms with Crippen molar-refractivity contribution < 1.29 is 15.0 Å². The lowest BCUT2D eigenvalue weighted by Crippen LogP contribution is -2.34. The van der Waals surface area contributed by atoms with Crippen molar-refractivity contribution in [1.29, 1.82) is 0 Å². The van der Waals surface area contributed by atoms with E-state index >= 15 is 0 Å². The number of Topliss-reactive ketones (excluding diaryl/α,β-unsaturated/α-hetero) is 1. The number of ketones is 1. The van der Waals surface area contributed by atoms with Gasteiger partial charge in [0.1, 0.15) is 0 Å². The highest BCUT2D eigenvalue weighted by Gasteiger charge is 2.34. The number of hydrogen-bond donors (Lipinski definition) is 6. The second kappa shape index (κ2) is 7.15. The highest BCUT2D eigenvalue weighted by Crippen LogP contribution is 2.31. The van der Waals surface area contributed by atoms with Crippen molar-refractivity contribution in [2.75, 3.05) is 0 Å². The topological polar surface area (TPSA) is 189 Å². The zero-order valence-electron chi connectivity index (χ0n) is 13.7. The molecule has 144 valence electrons. The molecule has 6 N–H and O–H groups in total. The largest absolute Gasteiger partial charge is 0.494 e. The minimum absolute atomic E-state index is 0.0307. The Bertz CT molecular complexity index is 1230. The molecular weight excluding hydrogens is 440 g/mol. The van der Waals surface area contributed by atoms with E-state index in [-0.39, 0.29) is 5.56 Å². The third kappa shape index (κ3) is 3.44. The van der Waals surface area contributed by atoms with E-state index in [1.165, 1.54) is 24.3 Å². The van der Waals surface area contributed by atoms with Gasteiger partial charge in [-0.1, -0.05) is 28.1 Å². The van der Waals surface area contributed by atoms with Crippen molar-refractivity contribution in [3.8, 4) is 11.8 Å². The number of halogens is 1. The molecule has 12 heteroatoms. The first kappa shape index (κ1) is 19.1. The van der Waals surface area contributed by atoms with Gasteiger partial charge < -0.3 is 10.2 Å². The van der Waals surface area contributed by atoms with E-state index in [0.29, 0.717) is 4.47 Å². The Kier molecular flexibility index (Phi) is 4.88. The van der Waals surface area contributed by atoms with Gasteiger partial charge >= 0.3 is 11.4 Å². The van der Waals surface area contributed by atoms with Crippen LogP contribution in [0.25, 0.3) is 0 Å². The second-order valence-corrected chi connectivity index (χ2v) is 6.56. The van der Waals surface area contributed by atoms with E-state index in [2.05, 4.69) is 15.9 Å². The number of aromatic hydroxyl groups is 2. The first-order valence-electron chi connectivity index (χ1n) is 7.59. The molecular formula is C16H11BrN4O7. The molecule has 28 heavy (non-hydrogen) atoms. The van der Waals surface area contributed by atoms with Crippen LogP contribution in [0.3, 0.4) is 0 Å². The summed E-state index contributed by atoms with van der Waals surface area (Å²) in [5.74, 6) is -4.61. The van der Waals surface area contributed by atoms with Crippen molar-refractivity contribution in [1.82, 2.24) is 19.9 Å². The Morgan fingerprint density at radius 3 is 1.61 bits per heavy atom. The van der Waals surface area contributed by atoms with E-state index in [1.807, 2.05) is 19.9 Å². The predicted molar refractivity (Wildman–Crippen MR) is 99.0 cm³/mol. The maximum Gasteiger partial charge on any atom is 0.328 e. The fourth-order valence-electron chi connectivity index (χ4n) is 2.69. The van der Waals surface area contributed by atoms with E-state index < -0.39 is 57.1 Å². The molecule has 2 aromatic heterocycles. The molecule has 0 atom stereocenters. The van der Waals surface area contributed by atoms with Crippen LogP contribution in [0.1, 0.15) is 27.4 Å². The van der Waals surface area contributed by atoms with Crippen LogP contribution in [-0.2, 0) is 0 Å². The van der Waals surface area contributed by atoms with Crippen LogP contribution in [0.15, 0.2) is 47.9 Å². The number of carbonyl (C=O) groups excluding carboxylic acids is 1. The average molecular weight is 451 g/mol. The van der Waals surface area contributed by atoms with Crippen molar-refractivity contribution in [2.24, 2.45) is 0 Å². The Hall–Kier alpha value is -3.67. The van der Waals surface area contributed by atoms with Crippen molar-refractivity contribution >= 4 is 21.7 Å². The van der Waals surface area contributed by atoms with E-state index in [1.54, 1.807) is 0 Å². The molecule has 0 bridgehead atoms. The lowest BCUT2D eigenvalue weighted by atomic mass is 9.86. The molecule has 0 saturated carbocycles. The van der Waals surface area contributed by atoms with Gasteiger partial charge in [0.25, 0.3) is 11.1 Å². The van der Waals surface area contributed by atoms with Crippen molar-refractivity contribution in [3.63, 3.8) is 0 Å². The highest BCUT2D eigenvalue weighted by molar-refractivity contribution is 9.10. The highest BCUT2D eigenvalue weighted by atomic mass is 79.9. The van der Waals surface area contributed by atoms with Gasteiger partial charge in [0.15, 0.2) is 5.78 Å². The maximum absolute atomic E-state index is 13.1. The van der Waals surface area contributed by atoms with E-state index in [0.717, 1.165) is 0 Å². The third-order valence-electron chi connectivity index (χ3n) is 3.89. The van der Waals surface area contributed by atoms with Crippen LogP contribution >= 0.6 is 15.9 Å². The minimum atomic E-state index is -1.83. The molecule has 0 aliphatic carbocycles. The molecule has 0 aliphatic rings. The molecule has 0 spiro atoms. The normalized spacial score (nSPS) is 10.9.